The largest absolute Gasteiger partial charge is 0.492 e. The summed E-state index contributed by atoms with van der Waals surface area (Å²) in [6.07, 6.45) is 0. The van der Waals surface area contributed by atoms with Crippen LogP contribution in [-0.2, 0) is 6.54 Å². The van der Waals surface area contributed by atoms with Crippen molar-refractivity contribution in [1.29, 1.82) is 0 Å². The second-order valence-electron chi connectivity index (χ2n) is 5.00. The van der Waals surface area contributed by atoms with Gasteiger partial charge in [-0.1, -0.05) is 41.9 Å². The Morgan fingerprint density at radius 2 is 1.78 bits per heavy atom. The lowest BCUT2D eigenvalue weighted by Crippen LogP contribution is -2.26. The van der Waals surface area contributed by atoms with E-state index in [0.717, 1.165) is 5.75 Å². The van der Waals surface area contributed by atoms with E-state index >= 15 is 0 Å². The first-order valence-electron chi connectivity index (χ1n) is 7.26. The van der Waals surface area contributed by atoms with Gasteiger partial charge < -0.3 is 4.74 Å². The van der Waals surface area contributed by atoms with Crippen molar-refractivity contribution in [3.05, 3.63) is 75.9 Å². The van der Waals surface area contributed by atoms with Gasteiger partial charge in [0.05, 0.1) is 17.3 Å². The van der Waals surface area contributed by atoms with Crippen LogP contribution < -0.4 is 10.4 Å². The minimum atomic E-state index is -0.229. The van der Waals surface area contributed by atoms with E-state index < -0.39 is 0 Å². The maximum atomic E-state index is 12.5. The van der Waals surface area contributed by atoms with Crippen molar-refractivity contribution in [1.82, 2.24) is 14.3 Å². The van der Waals surface area contributed by atoms with E-state index in [0.29, 0.717) is 29.7 Å². The molecule has 6 heteroatoms. The molecule has 0 radical (unpaired) electrons. The molecule has 118 valence electrons. The summed E-state index contributed by atoms with van der Waals surface area (Å²) in [4.78, 5) is 12.5. The van der Waals surface area contributed by atoms with Gasteiger partial charge in [-0.3, -0.25) is 0 Å². The van der Waals surface area contributed by atoms with Gasteiger partial charge in [0, 0.05) is 0 Å². The number of benzene rings is 2. The van der Waals surface area contributed by atoms with E-state index in [-0.39, 0.29) is 5.69 Å². The van der Waals surface area contributed by atoms with Crippen molar-refractivity contribution < 1.29 is 4.74 Å². The average Bonchev–Trinajstić information content (AvgIpc) is 2.83. The maximum absolute atomic E-state index is 12.5. The molecule has 0 atom stereocenters. The zero-order valence-electron chi connectivity index (χ0n) is 12.6. The summed E-state index contributed by atoms with van der Waals surface area (Å²) in [6, 6.07) is 16.7. The molecule has 2 aromatic carbocycles. The van der Waals surface area contributed by atoms with Gasteiger partial charge in [0.2, 0.25) is 0 Å². The lowest BCUT2D eigenvalue weighted by Gasteiger charge is -2.05. The standard InChI is InChI=1S/C17H16ClN3O2/c1-13-19-20(11-12-23-14-7-3-2-4-8-14)17(22)21(13)16-10-6-5-9-15(16)18/h2-10H,11-12H2,1H3. The Balaban J connectivity index is 1.79. The van der Waals surface area contributed by atoms with Crippen molar-refractivity contribution >= 4 is 11.6 Å². The van der Waals surface area contributed by atoms with Crippen LogP contribution in [0.1, 0.15) is 5.82 Å². The molecule has 1 heterocycles. The SMILES string of the molecule is Cc1nn(CCOc2ccccc2)c(=O)n1-c1ccccc1Cl. The highest BCUT2D eigenvalue weighted by atomic mass is 35.5. The van der Waals surface area contributed by atoms with E-state index in [4.69, 9.17) is 16.3 Å². The molecule has 0 spiro atoms. The Labute approximate surface area is 138 Å². The molecule has 0 amide bonds. The third-order valence-electron chi connectivity index (χ3n) is 3.41. The van der Waals surface area contributed by atoms with Gasteiger partial charge in [0.1, 0.15) is 18.2 Å². The van der Waals surface area contributed by atoms with Crippen LogP contribution in [-0.4, -0.2) is 21.0 Å². The van der Waals surface area contributed by atoms with Crippen LogP contribution in [0.15, 0.2) is 59.4 Å². The third kappa shape index (κ3) is 3.29. The van der Waals surface area contributed by atoms with Crippen molar-refractivity contribution in [3.63, 3.8) is 0 Å². The van der Waals surface area contributed by atoms with Crippen LogP contribution in [0, 0.1) is 6.92 Å². The van der Waals surface area contributed by atoms with Gasteiger partial charge in [-0.2, -0.15) is 5.10 Å². The molecule has 0 bridgehead atoms. The van der Waals surface area contributed by atoms with Crippen molar-refractivity contribution in [2.45, 2.75) is 13.5 Å². The molecule has 0 unspecified atom stereocenters. The number of rotatable bonds is 5. The summed E-state index contributed by atoms with van der Waals surface area (Å²) in [5.41, 5.74) is 0.402. The number of aryl methyl sites for hydroxylation is 1. The van der Waals surface area contributed by atoms with Crippen molar-refractivity contribution in [3.8, 4) is 11.4 Å². The fraction of sp³-hybridized carbons (Fsp3) is 0.176. The van der Waals surface area contributed by atoms with Crippen LogP contribution in [0.25, 0.3) is 5.69 Å². The first-order valence-corrected chi connectivity index (χ1v) is 7.64. The minimum absolute atomic E-state index is 0.229. The van der Waals surface area contributed by atoms with Gasteiger partial charge in [-0.15, -0.1) is 0 Å². The number of hydrogen-bond acceptors (Lipinski definition) is 3. The Morgan fingerprint density at radius 1 is 1.09 bits per heavy atom. The number of hydrogen-bond donors (Lipinski definition) is 0. The number of aromatic nitrogens is 3. The molecular formula is C17H16ClN3O2. The smallest absolute Gasteiger partial charge is 0.350 e. The van der Waals surface area contributed by atoms with Crippen LogP contribution in [0.3, 0.4) is 0 Å². The van der Waals surface area contributed by atoms with Gasteiger partial charge in [-0.25, -0.2) is 14.0 Å². The lowest BCUT2D eigenvalue weighted by molar-refractivity contribution is 0.288. The third-order valence-corrected chi connectivity index (χ3v) is 3.73. The second-order valence-corrected chi connectivity index (χ2v) is 5.41. The summed E-state index contributed by atoms with van der Waals surface area (Å²) in [5, 5.41) is 4.80. The topological polar surface area (TPSA) is 49.1 Å². The Hall–Kier alpha value is -2.53. The highest BCUT2D eigenvalue weighted by Gasteiger charge is 2.13. The molecule has 23 heavy (non-hydrogen) atoms. The van der Waals surface area contributed by atoms with Gasteiger partial charge in [0.25, 0.3) is 0 Å². The predicted octanol–water partition coefficient (Wildman–Crippen LogP) is 3.07. The number of nitrogens with zero attached hydrogens (tertiary/aromatic N) is 3. The van der Waals surface area contributed by atoms with Crippen molar-refractivity contribution in [2.75, 3.05) is 6.61 Å². The molecule has 0 aliphatic heterocycles. The molecule has 3 aromatic rings. The fourth-order valence-corrected chi connectivity index (χ4v) is 2.56. The summed E-state index contributed by atoms with van der Waals surface area (Å²) >= 11 is 6.17. The molecule has 0 saturated carbocycles. The summed E-state index contributed by atoms with van der Waals surface area (Å²) < 4.78 is 8.50. The van der Waals surface area contributed by atoms with Crippen LogP contribution in [0.4, 0.5) is 0 Å². The highest BCUT2D eigenvalue weighted by molar-refractivity contribution is 6.32. The molecule has 3 rings (SSSR count). The molecular weight excluding hydrogens is 314 g/mol. The lowest BCUT2D eigenvalue weighted by atomic mass is 10.3. The normalized spacial score (nSPS) is 10.7. The first-order chi connectivity index (χ1) is 11.2. The van der Waals surface area contributed by atoms with Crippen LogP contribution >= 0.6 is 11.6 Å². The van der Waals surface area contributed by atoms with Crippen LogP contribution in [0.5, 0.6) is 5.75 Å². The average molecular weight is 330 g/mol. The number of halogens is 1. The quantitative estimate of drug-likeness (QED) is 0.722. The summed E-state index contributed by atoms with van der Waals surface area (Å²) in [6.45, 7) is 2.51. The van der Waals surface area contributed by atoms with E-state index in [1.54, 1.807) is 19.1 Å². The van der Waals surface area contributed by atoms with Gasteiger partial charge >= 0.3 is 5.69 Å². The zero-order chi connectivity index (χ0) is 16.2. The molecule has 0 fully saturated rings. The van der Waals surface area contributed by atoms with E-state index in [1.807, 2.05) is 42.5 Å². The van der Waals surface area contributed by atoms with Gasteiger partial charge in [-0.05, 0) is 31.2 Å². The fourth-order valence-electron chi connectivity index (χ4n) is 2.34. The monoisotopic (exact) mass is 329 g/mol. The van der Waals surface area contributed by atoms with Crippen molar-refractivity contribution in [2.24, 2.45) is 0 Å². The first kappa shape index (κ1) is 15.4. The highest BCUT2D eigenvalue weighted by Crippen LogP contribution is 2.19. The van der Waals surface area contributed by atoms with Crippen LogP contribution in [0.2, 0.25) is 5.02 Å². The summed E-state index contributed by atoms with van der Waals surface area (Å²) in [5.74, 6) is 1.35. The maximum Gasteiger partial charge on any atom is 0.350 e. The second kappa shape index (κ2) is 6.71. The van der Waals surface area contributed by atoms with Gasteiger partial charge in [0.15, 0.2) is 0 Å². The zero-order valence-corrected chi connectivity index (χ0v) is 13.4. The number of ether oxygens (including phenoxy) is 1. The number of para-hydroxylation sites is 2. The molecule has 0 aliphatic carbocycles. The minimum Gasteiger partial charge on any atom is -0.492 e. The molecule has 1 aromatic heterocycles. The predicted molar refractivity (Wildman–Crippen MR) is 89.5 cm³/mol. The molecule has 0 saturated heterocycles. The summed E-state index contributed by atoms with van der Waals surface area (Å²) in [7, 11) is 0. The Bertz CT molecular complexity index is 856. The van der Waals surface area contributed by atoms with E-state index in [9.17, 15) is 4.79 Å². The molecule has 0 aliphatic rings. The molecule has 0 N–H and O–H groups in total. The van der Waals surface area contributed by atoms with E-state index in [2.05, 4.69) is 5.10 Å². The van der Waals surface area contributed by atoms with E-state index in [1.165, 1.54) is 9.25 Å². The Morgan fingerprint density at radius 3 is 2.52 bits per heavy atom. The molecule has 5 nitrogen and oxygen atoms in total. The Kier molecular flexibility index (Phi) is 4.48.